The quantitative estimate of drug-likeness (QED) is 0.741. The highest BCUT2D eigenvalue weighted by Gasteiger charge is 2.23. The second-order valence-corrected chi connectivity index (χ2v) is 6.16. The van der Waals surface area contributed by atoms with Crippen LogP contribution in [0.15, 0.2) is 59.4 Å². The highest BCUT2D eigenvalue weighted by molar-refractivity contribution is 5.79. The second kappa shape index (κ2) is 6.43. The number of hydrogen-bond acceptors (Lipinski definition) is 3. The van der Waals surface area contributed by atoms with Crippen molar-refractivity contribution in [2.24, 2.45) is 0 Å². The van der Waals surface area contributed by atoms with E-state index in [9.17, 15) is 9.59 Å². The standard InChI is InChI=1S/C20H18N2O3/c23-19-15-9-4-5-10-17(15)21-18-11-6-12-22(13-16(18)19)20(24)25-14-7-2-1-3-8-14/h1-5,7-10H,6,11-13H2,(H,21,23). The van der Waals surface area contributed by atoms with Crippen molar-refractivity contribution >= 4 is 17.0 Å². The van der Waals surface area contributed by atoms with Gasteiger partial charge in [0.25, 0.3) is 0 Å². The van der Waals surface area contributed by atoms with Gasteiger partial charge in [-0.05, 0) is 37.1 Å². The molecule has 0 radical (unpaired) electrons. The number of fused-ring (bicyclic) bond motifs is 2. The van der Waals surface area contributed by atoms with Gasteiger partial charge in [-0.3, -0.25) is 4.79 Å². The molecule has 0 atom stereocenters. The zero-order valence-electron chi connectivity index (χ0n) is 13.7. The minimum atomic E-state index is -0.424. The topological polar surface area (TPSA) is 62.4 Å². The van der Waals surface area contributed by atoms with Crippen LogP contribution < -0.4 is 10.2 Å². The summed E-state index contributed by atoms with van der Waals surface area (Å²) in [4.78, 5) is 30.3. The number of nitrogens with one attached hydrogen (secondary N) is 1. The summed E-state index contributed by atoms with van der Waals surface area (Å²) in [5.41, 5.74) is 2.40. The first-order chi connectivity index (χ1) is 12.2. The lowest BCUT2D eigenvalue weighted by Crippen LogP contribution is -2.34. The van der Waals surface area contributed by atoms with Crippen molar-refractivity contribution in [1.29, 1.82) is 0 Å². The summed E-state index contributed by atoms with van der Waals surface area (Å²) in [5.74, 6) is 0.504. The van der Waals surface area contributed by atoms with Gasteiger partial charge in [-0.2, -0.15) is 0 Å². The van der Waals surface area contributed by atoms with E-state index in [1.165, 1.54) is 0 Å². The van der Waals surface area contributed by atoms with E-state index in [0.717, 1.165) is 24.1 Å². The molecule has 1 aliphatic rings. The number of rotatable bonds is 1. The summed E-state index contributed by atoms with van der Waals surface area (Å²) < 4.78 is 5.43. The number of carbonyl (C=O) groups excluding carboxylic acids is 1. The van der Waals surface area contributed by atoms with Gasteiger partial charge in [-0.15, -0.1) is 0 Å². The smallest absolute Gasteiger partial charge is 0.410 e. The number of para-hydroxylation sites is 2. The molecule has 126 valence electrons. The largest absolute Gasteiger partial charge is 0.415 e. The fourth-order valence-electron chi connectivity index (χ4n) is 3.23. The zero-order valence-corrected chi connectivity index (χ0v) is 13.7. The highest BCUT2D eigenvalue weighted by atomic mass is 16.6. The lowest BCUT2D eigenvalue weighted by molar-refractivity contribution is 0.150. The van der Waals surface area contributed by atoms with Gasteiger partial charge in [-0.25, -0.2) is 4.79 Å². The Bertz CT molecular complexity index is 979. The number of nitrogens with zero attached hydrogens (tertiary/aromatic N) is 1. The predicted molar refractivity (Wildman–Crippen MR) is 95.8 cm³/mol. The van der Waals surface area contributed by atoms with E-state index < -0.39 is 6.09 Å². The monoisotopic (exact) mass is 334 g/mol. The van der Waals surface area contributed by atoms with Gasteiger partial charge in [0.2, 0.25) is 0 Å². The van der Waals surface area contributed by atoms with Gasteiger partial charge in [0.15, 0.2) is 5.43 Å². The molecule has 1 amide bonds. The van der Waals surface area contributed by atoms with E-state index in [-0.39, 0.29) is 12.0 Å². The number of hydrogen-bond donors (Lipinski definition) is 1. The molecule has 0 unspecified atom stereocenters. The second-order valence-electron chi connectivity index (χ2n) is 6.16. The Hall–Kier alpha value is -3.08. The maximum Gasteiger partial charge on any atom is 0.415 e. The summed E-state index contributed by atoms with van der Waals surface area (Å²) >= 11 is 0. The third-order valence-electron chi connectivity index (χ3n) is 4.51. The molecule has 1 N–H and O–H groups in total. The van der Waals surface area contributed by atoms with Crippen LogP contribution in [0.1, 0.15) is 17.7 Å². The number of aromatic nitrogens is 1. The molecule has 0 aliphatic carbocycles. The Balaban J connectivity index is 1.66. The number of aryl methyl sites for hydroxylation is 1. The van der Waals surface area contributed by atoms with E-state index >= 15 is 0 Å². The van der Waals surface area contributed by atoms with E-state index in [1.54, 1.807) is 17.0 Å². The molecule has 0 fully saturated rings. The highest BCUT2D eigenvalue weighted by Crippen LogP contribution is 2.19. The third-order valence-corrected chi connectivity index (χ3v) is 4.51. The van der Waals surface area contributed by atoms with Crippen LogP contribution in [0.3, 0.4) is 0 Å². The molecule has 0 spiro atoms. The van der Waals surface area contributed by atoms with Gasteiger partial charge in [0.05, 0.1) is 6.54 Å². The summed E-state index contributed by atoms with van der Waals surface area (Å²) in [6.45, 7) is 0.825. The lowest BCUT2D eigenvalue weighted by atomic mass is 10.1. The van der Waals surface area contributed by atoms with Crippen LogP contribution in [0.2, 0.25) is 0 Å². The van der Waals surface area contributed by atoms with E-state index in [2.05, 4.69) is 4.98 Å². The van der Waals surface area contributed by atoms with E-state index in [4.69, 9.17) is 4.74 Å². The Morgan fingerprint density at radius 2 is 1.80 bits per heavy atom. The normalized spacial score (nSPS) is 14.0. The van der Waals surface area contributed by atoms with Crippen LogP contribution in [-0.2, 0) is 13.0 Å². The Labute approximate surface area is 144 Å². The van der Waals surface area contributed by atoms with Gasteiger partial charge in [0.1, 0.15) is 5.75 Å². The van der Waals surface area contributed by atoms with Gasteiger partial charge < -0.3 is 14.6 Å². The van der Waals surface area contributed by atoms with E-state index in [1.807, 2.05) is 42.5 Å². The van der Waals surface area contributed by atoms with Gasteiger partial charge in [-0.1, -0.05) is 30.3 Å². The van der Waals surface area contributed by atoms with Crippen LogP contribution >= 0.6 is 0 Å². The Kier molecular flexibility index (Phi) is 3.98. The molecular weight excluding hydrogens is 316 g/mol. The number of aromatic amines is 1. The first kappa shape index (κ1) is 15.4. The lowest BCUT2D eigenvalue weighted by Gasteiger charge is -2.20. The van der Waals surface area contributed by atoms with Crippen molar-refractivity contribution in [1.82, 2.24) is 9.88 Å². The maximum atomic E-state index is 12.9. The average Bonchev–Trinajstić information content (AvgIpc) is 2.86. The molecule has 25 heavy (non-hydrogen) atoms. The van der Waals surface area contributed by atoms with Crippen LogP contribution in [0.25, 0.3) is 10.9 Å². The number of ether oxygens (including phenoxy) is 1. The van der Waals surface area contributed by atoms with Crippen molar-refractivity contribution in [2.75, 3.05) is 6.54 Å². The van der Waals surface area contributed by atoms with Crippen molar-refractivity contribution in [3.05, 3.63) is 76.1 Å². The molecule has 2 aromatic carbocycles. The Morgan fingerprint density at radius 3 is 2.64 bits per heavy atom. The molecule has 5 nitrogen and oxygen atoms in total. The summed E-state index contributed by atoms with van der Waals surface area (Å²) in [6, 6.07) is 16.5. The van der Waals surface area contributed by atoms with Crippen molar-refractivity contribution < 1.29 is 9.53 Å². The SMILES string of the molecule is O=C(Oc1ccccc1)N1CCCc2[nH]c3ccccc3c(=O)c2C1. The van der Waals surface area contributed by atoms with Gasteiger partial charge in [0, 0.05) is 28.7 Å². The average molecular weight is 334 g/mol. The molecule has 3 aromatic rings. The van der Waals surface area contributed by atoms with Crippen LogP contribution in [0.5, 0.6) is 5.75 Å². The number of carbonyl (C=O) groups is 1. The molecular formula is C20H18N2O3. The van der Waals surface area contributed by atoms with E-state index in [0.29, 0.717) is 23.2 Å². The molecule has 0 saturated heterocycles. The number of pyridine rings is 1. The maximum absolute atomic E-state index is 12.9. The minimum Gasteiger partial charge on any atom is -0.410 e. The van der Waals surface area contributed by atoms with Crippen LogP contribution in [0.4, 0.5) is 4.79 Å². The first-order valence-electron chi connectivity index (χ1n) is 8.37. The van der Waals surface area contributed by atoms with Crippen molar-refractivity contribution in [3.63, 3.8) is 0 Å². The first-order valence-corrected chi connectivity index (χ1v) is 8.37. The van der Waals surface area contributed by atoms with Crippen molar-refractivity contribution in [3.8, 4) is 5.75 Å². The van der Waals surface area contributed by atoms with Crippen LogP contribution in [-0.4, -0.2) is 22.5 Å². The Morgan fingerprint density at radius 1 is 1.04 bits per heavy atom. The van der Waals surface area contributed by atoms with Crippen molar-refractivity contribution in [2.45, 2.75) is 19.4 Å². The molecule has 0 bridgehead atoms. The van der Waals surface area contributed by atoms with Gasteiger partial charge >= 0.3 is 6.09 Å². The molecule has 2 heterocycles. The minimum absolute atomic E-state index is 0.0104. The fourth-order valence-corrected chi connectivity index (χ4v) is 3.23. The molecule has 1 aliphatic heterocycles. The van der Waals surface area contributed by atoms with Crippen LogP contribution in [0, 0.1) is 0 Å². The fraction of sp³-hybridized carbons (Fsp3) is 0.200. The molecule has 5 heteroatoms. The summed E-state index contributed by atoms with van der Waals surface area (Å²) in [5, 5.41) is 0.652. The molecule has 4 rings (SSSR count). The number of amides is 1. The summed E-state index contributed by atoms with van der Waals surface area (Å²) in [6.07, 6.45) is 1.10. The number of benzene rings is 2. The molecule has 1 aromatic heterocycles. The third kappa shape index (κ3) is 3.01. The number of H-pyrrole nitrogens is 1. The zero-order chi connectivity index (χ0) is 17.2. The molecule has 0 saturated carbocycles. The predicted octanol–water partition coefficient (Wildman–Crippen LogP) is 3.48. The summed E-state index contributed by atoms with van der Waals surface area (Å²) in [7, 11) is 0.